The Morgan fingerprint density at radius 1 is 1.42 bits per heavy atom. The zero-order valence-electron chi connectivity index (χ0n) is 11.6. The normalized spacial score (nSPS) is 10.9. The van der Waals surface area contributed by atoms with Gasteiger partial charge in [0, 0.05) is 6.07 Å². The van der Waals surface area contributed by atoms with E-state index in [0.29, 0.717) is 19.7 Å². The Kier molecular flexibility index (Phi) is 4.03. The van der Waals surface area contributed by atoms with E-state index in [1.54, 1.807) is 0 Å². The summed E-state index contributed by atoms with van der Waals surface area (Å²) in [5, 5.41) is 8.96. The van der Waals surface area contributed by atoms with Crippen LogP contribution in [0.15, 0.2) is 18.2 Å². The number of benzene rings is 1. The van der Waals surface area contributed by atoms with Crippen molar-refractivity contribution in [2.75, 3.05) is 20.7 Å². The van der Waals surface area contributed by atoms with Crippen LogP contribution in [0.1, 0.15) is 12.7 Å². The van der Waals surface area contributed by atoms with Gasteiger partial charge < -0.3 is 14.2 Å². The van der Waals surface area contributed by atoms with Gasteiger partial charge >= 0.3 is 0 Å². The molecule has 0 N–H and O–H groups in total. The Hall–Kier alpha value is -2.06. The maximum atomic E-state index is 8.96. The Morgan fingerprint density at radius 2 is 2.21 bits per heavy atom. The Balaban J connectivity index is 2.49. The minimum atomic E-state index is 0.313. The van der Waals surface area contributed by atoms with Crippen LogP contribution >= 0.6 is 0 Å². The molecule has 1 aromatic carbocycles. The SMILES string of the molecule is CCOc1ccc2c(c1)nc(CN(C)C)n2CC#N. The highest BCUT2D eigenvalue weighted by molar-refractivity contribution is 5.78. The van der Waals surface area contributed by atoms with Crippen molar-refractivity contribution in [3.05, 3.63) is 24.0 Å². The molecule has 1 heterocycles. The molecule has 0 atom stereocenters. The maximum absolute atomic E-state index is 8.96. The third-order valence-corrected chi connectivity index (χ3v) is 2.80. The van der Waals surface area contributed by atoms with Gasteiger partial charge in [0.25, 0.3) is 0 Å². The molecule has 5 heteroatoms. The van der Waals surface area contributed by atoms with Gasteiger partial charge in [0.05, 0.1) is 30.3 Å². The average Bonchev–Trinajstić information content (AvgIpc) is 2.67. The van der Waals surface area contributed by atoms with Crippen LogP contribution in [0.2, 0.25) is 0 Å². The van der Waals surface area contributed by atoms with E-state index in [-0.39, 0.29) is 0 Å². The number of nitrogens with zero attached hydrogens (tertiary/aromatic N) is 4. The predicted octanol–water partition coefficient (Wildman–Crippen LogP) is 2.02. The van der Waals surface area contributed by atoms with Crippen molar-refractivity contribution in [1.29, 1.82) is 5.26 Å². The monoisotopic (exact) mass is 258 g/mol. The number of rotatable bonds is 5. The van der Waals surface area contributed by atoms with E-state index in [4.69, 9.17) is 10.00 Å². The summed E-state index contributed by atoms with van der Waals surface area (Å²) in [6.07, 6.45) is 0. The zero-order chi connectivity index (χ0) is 13.8. The number of nitriles is 1. The molecular weight excluding hydrogens is 240 g/mol. The van der Waals surface area contributed by atoms with Crippen LogP contribution in [-0.2, 0) is 13.1 Å². The van der Waals surface area contributed by atoms with Crippen LogP contribution in [0, 0.1) is 11.3 Å². The number of ether oxygens (including phenoxy) is 1. The van der Waals surface area contributed by atoms with E-state index in [1.807, 2.05) is 48.7 Å². The molecule has 2 rings (SSSR count). The van der Waals surface area contributed by atoms with Crippen molar-refractivity contribution in [2.24, 2.45) is 0 Å². The molecule has 0 amide bonds. The Bertz CT molecular complexity index is 610. The molecule has 0 spiro atoms. The van der Waals surface area contributed by atoms with Crippen LogP contribution < -0.4 is 4.74 Å². The molecule has 0 unspecified atom stereocenters. The van der Waals surface area contributed by atoms with Crippen molar-refractivity contribution in [1.82, 2.24) is 14.5 Å². The van der Waals surface area contributed by atoms with Crippen LogP contribution in [0.4, 0.5) is 0 Å². The summed E-state index contributed by atoms with van der Waals surface area (Å²) < 4.78 is 7.43. The molecule has 0 radical (unpaired) electrons. The number of imidazole rings is 1. The summed E-state index contributed by atoms with van der Waals surface area (Å²) in [7, 11) is 3.98. The van der Waals surface area contributed by atoms with Gasteiger partial charge in [-0.3, -0.25) is 0 Å². The molecular formula is C14H18N4O. The first kappa shape index (κ1) is 13.4. The molecule has 5 nitrogen and oxygen atoms in total. The second-order valence-corrected chi connectivity index (χ2v) is 4.59. The Morgan fingerprint density at radius 3 is 2.84 bits per heavy atom. The third kappa shape index (κ3) is 2.85. The fraction of sp³-hybridized carbons (Fsp3) is 0.429. The molecule has 0 saturated heterocycles. The first-order valence-corrected chi connectivity index (χ1v) is 6.29. The first-order chi connectivity index (χ1) is 9.15. The lowest BCUT2D eigenvalue weighted by Gasteiger charge is -2.10. The summed E-state index contributed by atoms with van der Waals surface area (Å²) in [5.74, 6) is 1.71. The van der Waals surface area contributed by atoms with Gasteiger partial charge in [-0.2, -0.15) is 5.26 Å². The van der Waals surface area contributed by atoms with E-state index in [0.717, 1.165) is 22.6 Å². The fourth-order valence-electron chi connectivity index (χ4n) is 2.07. The standard InChI is InChI=1S/C14H18N4O/c1-4-19-11-5-6-13-12(9-11)16-14(10-17(2)3)18(13)8-7-15/h5-6,9H,4,8,10H2,1-3H3. The summed E-state index contributed by atoms with van der Waals surface area (Å²) in [6.45, 7) is 3.61. The summed E-state index contributed by atoms with van der Waals surface area (Å²) in [5.41, 5.74) is 1.85. The van der Waals surface area contributed by atoms with Crippen LogP contribution in [0.25, 0.3) is 11.0 Å². The molecule has 0 aliphatic carbocycles. The van der Waals surface area contributed by atoms with Gasteiger partial charge in [-0.05, 0) is 33.2 Å². The van der Waals surface area contributed by atoms with Gasteiger partial charge in [0.2, 0.25) is 0 Å². The lowest BCUT2D eigenvalue weighted by molar-refractivity contribution is 0.340. The highest BCUT2D eigenvalue weighted by Gasteiger charge is 2.11. The average molecular weight is 258 g/mol. The highest BCUT2D eigenvalue weighted by atomic mass is 16.5. The third-order valence-electron chi connectivity index (χ3n) is 2.80. The zero-order valence-corrected chi connectivity index (χ0v) is 11.6. The van der Waals surface area contributed by atoms with Crippen molar-refractivity contribution in [3.8, 4) is 11.8 Å². The molecule has 0 aliphatic heterocycles. The second-order valence-electron chi connectivity index (χ2n) is 4.59. The van der Waals surface area contributed by atoms with Crippen LogP contribution in [0.3, 0.4) is 0 Å². The topological polar surface area (TPSA) is 54.1 Å². The van der Waals surface area contributed by atoms with E-state index in [2.05, 4.69) is 11.1 Å². The molecule has 0 bridgehead atoms. The molecule has 100 valence electrons. The number of hydrogen-bond acceptors (Lipinski definition) is 4. The van der Waals surface area contributed by atoms with E-state index < -0.39 is 0 Å². The summed E-state index contributed by atoms with van der Waals surface area (Å²) >= 11 is 0. The largest absolute Gasteiger partial charge is 0.494 e. The second kappa shape index (κ2) is 5.72. The molecule has 1 aromatic heterocycles. The summed E-state index contributed by atoms with van der Waals surface area (Å²) in [6, 6.07) is 7.99. The van der Waals surface area contributed by atoms with E-state index >= 15 is 0 Å². The predicted molar refractivity (Wildman–Crippen MR) is 73.9 cm³/mol. The Labute approximate surface area is 113 Å². The van der Waals surface area contributed by atoms with Gasteiger partial charge in [0.15, 0.2) is 0 Å². The fourth-order valence-corrected chi connectivity index (χ4v) is 2.07. The lowest BCUT2D eigenvalue weighted by Crippen LogP contribution is -2.15. The lowest BCUT2D eigenvalue weighted by atomic mass is 10.3. The first-order valence-electron chi connectivity index (χ1n) is 6.29. The molecule has 0 saturated carbocycles. The van der Waals surface area contributed by atoms with Crippen molar-refractivity contribution < 1.29 is 4.74 Å². The smallest absolute Gasteiger partial charge is 0.125 e. The van der Waals surface area contributed by atoms with Crippen molar-refractivity contribution in [2.45, 2.75) is 20.0 Å². The minimum Gasteiger partial charge on any atom is -0.494 e. The van der Waals surface area contributed by atoms with Gasteiger partial charge in [-0.15, -0.1) is 0 Å². The summed E-state index contributed by atoms with van der Waals surface area (Å²) in [4.78, 5) is 6.64. The maximum Gasteiger partial charge on any atom is 0.125 e. The van der Waals surface area contributed by atoms with Crippen LogP contribution in [-0.4, -0.2) is 35.2 Å². The quantitative estimate of drug-likeness (QED) is 0.823. The van der Waals surface area contributed by atoms with E-state index in [9.17, 15) is 0 Å². The molecule has 19 heavy (non-hydrogen) atoms. The number of fused-ring (bicyclic) bond motifs is 1. The van der Waals surface area contributed by atoms with E-state index in [1.165, 1.54) is 0 Å². The van der Waals surface area contributed by atoms with Crippen LogP contribution in [0.5, 0.6) is 5.75 Å². The molecule has 2 aromatic rings. The van der Waals surface area contributed by atoms with Gasteiger partial charge in [-0.1, -0.05) is 0 Å². The molecule has 0 fully saturated rings. The van der Waals surface area contributed by atoms with Gasteiger partial charge in [0.1, 0.15) is 18.1 Å². The highest BCUT2D eigenvalue weighted by Crippen LogP contribution is 2.22. The number of hydrogen-bond donors (Lipinski definition) is 0. The minimum absolute atomic E-state index is 0.313. The number of aromatic nitrogens is 2. The van der Waals surface area contributed by atoms with Crippen molar-refractivity contribution in [3.63, 3.8) is 0 Å². The van der Waals surface area contributed by atoms with Crippen molar-refractivity contribution >= 4 is 11.0 Å². The van der Waals surface area contributed by atoms with Gasteiger partial charge in [-0.25, -0.2) is 4.98 Å². The molecule has 0 aliphatic rings.